The molecule has 0 fully saturated rings. The number of nitriles is 1. The second-order valence-electron chi connectivity index (χ2n) is 5.00. The molecule has 2 aromatic carbocycles. The van der Waals surface area contributed by atoms with Gasteiger partial charge in [0, 0.05) is 23.2 Å². The maximum Gasteiger partial charge on any atom is 0.234 e. The van der Waals surface area contributed by atoms with Crippen molar-refractivity contribution < 1.29 is 14.3 Å². The zero-order valence-corrected chi connectivity index (χ0v) is 14.0. The Morgan fingerprint density at radius 1 is 1.25 bits per heavy atom. The minimum atomic E-state index is -0.322. The smallest absolute Gasteiger partial charge is 0.234 e. The first kappa shape index (κ1) is 17.6. The maximum atomic E-state index is 11.5. The van der Waals surface area contributed by atoms with Crippen LogP contribution in [0.25, 0.3) is 0 Å². The number of carbonyl (C=O) groups excluding carboxylic acids is 1. The number of halogens is 1. The van der Waals surface area contributed by atoms with Gasteiger partial charge in [-0.1, -0.05) is 23.7 Å². The van der Waals surface area contributed by atoms with Crippen molar-refractivity contribution in [1.29, 1.82) is 5.26 Å². The van der Waals surface area contributed by atoms with Crippen LogP contribution in [-0.2, 0) is 17.9 Å². The van der Waals surface area contributed by atoms with Crippen molar-refractivity contribution in [1.82, 2.24) is 5.32 Å². The molecule has 0 aliphatic carbocycles. The number of methoxy groups -OCH3 is 1. The Balaban J connectivity index is 2.08. The van der Waals surface area contributed by atoms with E-state index in [0.717, 1.165) is 11.1 Å². The normalized spacial score (nSPS) is 9.88. The van der Waals surface area contributed by atoms with Crippen LogP contribution in [-0.4, -0.2) is 13.0 Å². The summed E-state index contributed by atoms with van der Waals surface area (Å²) < 4.78 is 11.1. The first-order valence-electron chi connectivity index (χ1n) is 7.30. The molecule has 0 radical (unpaired) electrons. The van der Waals surface area contributed by atoms with Crippen LogP contribution in [0.15, 0.2) is 42.5 Å². The molecule has 0 heterocycles. The average molecular weight is 345 g/mol. The molecule has 0 aliphatic rings. The Labute approximate surface area is 145 Å². The summed E-state index contributed by atoms with van der Waals surface area (Å²) in [6, 6.07) is 14.6. The summed E-state index contributed by atoms with van der Waals surface area (Å²) in [5.41, 5.74) is 1.78. The number of benzene rings is 2. The molecule has 0 bridgehead atoms. The van der Waals surface area contributed by atoms with Crippen LogP contribution in [0.4, 0.5) is 0 Å². The van der Waals surface area contributed by atoms with Gasteiger partial charge in [0.2, 0.25) is 5.91 Å². The monoisotopic (exact) mass is 344 g/mol. The fourth-order valence-electron chi connectivity index (χ4n) is 2.01. The molecule has 0 aliphatic heterocycles. The number of carbonyl (C=O) groups is 1. The van der Waals surface area contributed by atoms with Gasteiger partial charge in [0.05, 0.1) is 13.2 Å². The predicted octanol–water partition coefficient (Wildman–Crippen LogP) is 3.46. The van der Waals surface area contributed by atoms with Crippen LogP contribution < -0.4 is 14.8 Å². The summed E-state index contributed by atoms with van der Waals surface area (Å²) in [7, 11) is 1.58. The van der Waals surface area contributed by atoms with Gasteiger partial charge in [-0.3, -0.25) is 4.79 Å². The Hall–Kier alpha value is -2.71. The van der Waals surface area contributed by atoms with Crippen molar-refractivity contribution in [2.45, 2.75) is 19.6 Å². The third kappa shape index (κ3) is 5.18. The number of hydrogen-bond donors (Lipinski definition) is 1. The van der Waals surface area contributed by atoms with E-state index in [1.807, 2.05) is 24.3 Å². The Morgan fingerprint density at radius 3 is 2.67 bits per heavy atom. The fraction of sp³-hybridized carbons (Fsp3) is 0.222. The molecule has 1 N–H and O–H groups in total. The van der Waals surface area contributed by atoms with Gasteiger partial charge in [-0.15, -0.1) is 0 Å². The van der Waals surface area contributed by atoms with Gasteiger partial charge in [-0.05, 0) is 29.8 Å². The summed E-state index contributed by atoms with van der Waals surface area (Å²) in [5.74, 6) is 0.951. The molecule has 0 saturated heterocycles. The predicted molar refractivity (Wildman–Crippen MR) is 90.9 cm³/mol. The molecule has 124 valence electrons. The first-order valence-corrected chi connectivity index (χ1v) is 7.68. The van der Waals surface area contributed by atoms with Gasteiger partial charge in [0.1, 0.15) is 24.5 Å². The number of hydrogen-bond acceptors (Lipinski definition) is 4. The minimum Gasteiger partial charge on any atom is -0.497 e. The lowest BCUT2D eigenvalue weighted by Crippen LogP contribution is -2.22. The summed E-state index contributed by atoms with van der Waals surface area (Å²) in [4.78, 5) is 11.5. The van der Waals surface area contributed by atoms with Gasteiger partial charge in [-0.2, -0.15) is 5.26 Å². The topological polar surface area (TPSA) is 71.3 Å². The number of ether oxygens (including phenoxy) is 2. The highest BCUT2D eigenvalue weighted by Gasteiger charge is 2.08. The van der Waals surface area contributed by atoms with Crippen LogP contribution in [0.1, 0.15) is 17.5 Å². The van der Waals surface area contributed by atoms with Gasteiger partial charge < -0.3 is 14.8 Å². The lowest BCUT2D eigenvalue weighted by molar-refractivity contribution is -0.120. The van der Waals surface area contributed by atoms with E-state index in [9.17, 15) is 4.79 Å². The molecule has 6 heteroatoms. The highest BCUT2D eigenvalue weighted by Crippen LogP contribution is 2.26. The third-order valence-corrected chi connectivity index (χ3v) is 3.55. The first-order chi connectivity index (χ1) is 11.6. The molecule has 0 aromatic heterocycles. The van der Waals surface area contributed by atoms with E-state index in [1.165, 1.54) is 0 Å². The van der Waals surface area contributed by atoms with Crippen molar-refractivity contribution >= 4 is 17.5 Å². The molecule has 0 unspecified atom stereocenters. The van der Waals surface area contributed by atoms with E-state index in [2.05, 4.69) is 5.32 Å². The molecule has 2 rings (SSSR count). The van der Waals surface area contributed by atoms with Gasteiger partial charge in [-0.25, -0.2) is 0 Å². The van der Waals surface area contributed by atoms with Crippen molar-refractivity contribution in [3.8, 4) is 17.6 Å². The van der Waals surface area contributed by atoms with Crippen molar-refractivity contribution in [2.24, 2.45) is 0 Å². The molecule has 1 amide bonds. The standard InChI is InChI=1S/C18H17ClN2O3/c1-23-16-7-4-14(11-21-18(22)8-9-20)17(10-16)24-12-13-2-5-15(19)6-3-13/h2-7,10H,8,11-12H2,1H3,(H,21,22). The second kappa shape index (κ2) is 8.80. The molecule has 2 aromatic rings. The van der Waals surface area contributed by atoms with Crippen LogP contribution in [0.2, 0.25) is 5.02 Å². The SMILES string of the molecule is COc1ccc(CNC(=O)CC#N)c(OCc2ccc(Cl)cc2)c1. The van der Waals surface area contributed by atoms with E-state index in [0.29, 0.717) is 23.1 Å². The van der Waals surface area contributed by atoms with Gasteiger partial charge in [0.15, 0.2) is 0 Å². The van der Waals surface area contributed by atoms with E-state index >= 15 is 0 Å². The lowest BCUT2D eigenvalue weighted by atomic mass is 10.2. The summed E-state index contributed by atoms with van der Waals surface area (Å²) in [5, 5.41) is 11.9. The average Bonchev–Trinajstić information content (AvgIpc) is 2.60. The van der Waals surface area contributed by atoms with Crippen LogP contribution in [0.3, 0.4) is 0 Å². The molecule has 24 heavy (non-hydrogen) atoms. The summed E-state index contributed by atoms with van der Waals surface area (Å²) in [6.45, 7) is 0.643. The van der Waals surface area contributed by atoms with Gasteiger partial charge in [0.25, 0.3) is 0 Å². The van der Waals surface area contributed by atoms with Gasteiger partial charge >= 0.3 is 0 Å². The van der Waals surface area contributed by atoms with Crippen molar-refractivity contribution in [3.63, 3.8) is 0 Å². The zero-order valence-electron chi connectivity index (χ0n) is 13.2. The van der Waals surface area contributed by atoms with E-state index in [1.54, 1.807) is 31.4 Å². The Morgan fingerprint density at radius 2 is 2.00 bits per heavy atom. The highest BCUT2D eigenvalue weighted by molar-refractivity contribution is 6.30. The number of amides is 1. The molecule has 0 saturated carbocycles. The molecular formula is C18H17ClN2O3. The zero-order chi connectivity index (χ0) is 17.4. The highest BCUT2D eigenvalue weighted by atomic mass is 35.5. The van der Waals surface area contributed by atoms with Crippen molar-refractivity contribution in [3.05, 3.63) is 58.6 Å². The second-order valence-corrected chi connectivity index (χ2v) is 5.44. The number of nitrogens with one attached hydrogen (secondary N) is 1. The quantitative estimate of drug-likeness (QED) is 0.835. The largest absolute Gasteiger partial charge is 0.497 e. The summed E-state index contributed by atoms with van der Waals surface area (Å²) in [6.07, 6.45) is -0.170. The minimum absolute atomic E-state index is 0.170. The van der Waals surface area contributed by atoms with E-state index in [4.69, 9.17) is 26.3 Å². The Kier molecular flexibility index (Phi) is 6.47. The van der Waals surface area contributed by atoms with E-state index in [-0.39, 0.29) is 18.9 Å². The molecule has 0 atom stereocenters. The van der Waals surface area contributed by atoms with Crippen LogP contribution >= 0.6 is 11.6 Å². The Bertz CT molecular complexity index is 739. The van der Waals surface area contributed by atoms with Crippen LogP contribution in [0.5, 0.6) is 11.5 Å². The molecule has 0 spiro atoms. The number of rotatable bonds is 7. The lowest BCUT2D eigenvalue weighted by Gasteiger charge is -2.13. The molecular weight excluding hydrogens is 328 g/mol. The molecule has 5 nitrogen and oxygen atoms in total. The fourth-order valence-corrected chi connectivity index (χ4v) is 2.14. The maximum absolute atomic E-state index is 11.5. The third-order valence-electron chi connectivity index (χ3n) is 3.30. The van der Waals surface area contributed by atoms with Crippen molar-refractivity contribution in [2.75, 3.05) is 7.11 Å². The van der Waals surface area contributed by atoms with E-state index < -0.39 is 0 Å². The van der Waals surface area contributed by atoms with Crippen LogP contribution in [0, 0.1) is 11.3 Å². The summed E-state index contributed by atoms with van der Waals surface area (Å²) >= 11 is 5.87. The number of nitrogens with zero attached hydrogens (tertiary/aromatic N) is 1.